The molecule has 0 radical (unpaired) electrons. The van der Waals surface area contributed by atoms with Crippen LogP contribution in [0.15, 0.2) is 17.1 Å². The topological polar surface area (TPSA) is 70.4 Å². The SMILES string of the molecule is Cc1ccnc2c(O)c(=O)[nH]n12. The Kier molecular flexibility index (Phi) is 1.21. The summed E-state index contributed by atoms with van der Waals surface area (Å²) in [6.07, 6.45) is 1.54. The van der Waals surface area contributed by atoms with Gasteiger partial charge < -0.3 is 5.11 Å². The molecule has 2 heterocycles. The molecule has 5 nitrogen and oxygen atoms in total. The third-order valence-corrected chi connectivity index (χ3v) is 1.72. The molecule has 0 unspecified atom stereocenters. The molecule has 0 aliphatic heterocycles. The van der Waals surface area contributed by atoms with E-state index in [0.717, 1.165) is 5.69 Å². The fourth-order valence-electron chi connectivity index (χ4n) is 1.08. The van der Waals surface area contributed by atoms with E-state index < -0.39 is 5.56 Å². The van der Waals surface area contributed by atoms with Crippen molar-refractivity contribution >= 4 is 5.65 Å². The molecule has 2 aromatic rings. The molecule has 0 fully saturated rings. The highest BCUT2D eigenvalue weighted by molar-refractivity contribution is 5.51. The number of aryl methyl sites for hydroxylation is 1. The molecular formula is C7H7N3O2. The zero-order valence-corrected chi connectivity index (χ0v) is 6.40. The minimum Gasteiger partial charge on any atom is -0.500 e. The Hall–Kier alpha value is -1.78. The summed E-state index contributed by atoms with van der Waals surface area (Å²) in [6, 6.07) is 1.74. The molecule has 0 aromatic carbocycles. The van der Waals surface area contributed by atoms with Crippen molar-refractivity contribution in [2.45, 2.75) is 6.92 Å². The summed E-state index contributed by atoms with van der Waals surface area (Å²) >= 11 is 0. The number of aromatic hydroxyl groups is 1. The highest BCUT2D eigenvalue weighted by Crippen LogP contribution is 2.09. The Balaban J connectivity index is 3.05. The first-order valence-electron chi connectivity index (χ1n) is 3.45. The van der Waals surface area contributed by atoms with Gasteiger partial charge in [0.05, 0.1) is 0 Å². The summed E-state index contributed by atoms with van der Waals surface area (Å²) in [4.78, 5) is 14.8. The molecule has 0 atom stereocenters. The second-order valence-electron chi connectivity index (χ2n) is 2.53. The van der Waals surface area contributed by atoms with E-state index in [-0.39, 0.29) is 11.4 Å². The highest BCUT2D eigenvalue weighted by atomic mass is 16.3. The van der Waals surface area contributed by atoms with E-state index in [1.165, 1.54) is 10.7 Å². The van der Waals surface area contributed by atoms with Gasteiger partial charge in [-0.1, -0.05) is 0 Å². The maximum absolute atomic E-state index is 10.9. The summed E-state index contributed by atoms with van der Waals surface area (Å²) in [6.45, 7) is 1.81. The van der Waals surface area contributed by atoms with Crippen LogP contribution in [0.5, 0.6) is 5.75 Å². The van der Waals surface area contributed by atoms with Crippen molar-refractivity contribution in [1.29, 1.82) is 0 Å². The van der Waals surface area contributed by atoms with Gasteiger partial charge in [0.15, 0.2) is 0 Å². The average Bonchev–Trinajstić information content (AvgIpc) is 2.32. The average molecular weight is 165 g/mol. The van der Waals surface area contributed by atoms with Gasteiger partial charge in [0, 0.05) is 11.9 Å². The highest BCUT2D eigenvalue weighted by Gasteiger charge is 2.07. The van der Waals surface area contributed by atoms with E-state index in [4.69, 9.17) is 0 Å². The molecule has 0 spiro atoms. The lowest BCUT2D eigenvalue weighted by Gasteiger charge is -1.95. The molecule has 0 bridgehead atoms. The first-order chi connectivity index (χ1) is 5.70. The zero-order chi connectivity index (χ0) is 8.72. The van der Waals surface area contributed by atoms with Crippen LogP contribution in [0, 0.1) is 6.92 Å². The molecule has 2 aromatic heterocycles. The van der Waals surface area contributed by atoms with E-state index in [2.05, 4.69) is 10.1 Å². The van der Waals surface area contributed by atoms with Crippen molar-refractivity contribution in [1.82, 2.24) is 14.6 Å². The normalized spacial score (nSPS) is 10.8. The lowest BCUT2D eigenvalue weighted by Crippen LogP contribution is -2.01. The van der Waals surface area contributed by atoms with E-state index in [1.54, 1.807) is 6.07 Å². The monoisotopic (exact) mass is 165 g/mol. The van der Waals surface area contributed by atoms with E-state index in [0.29, 0.717) is 0 Å². The van der Waals surface area contributed by atoms with Crippen LogP contribution in [0.1, 0.15) is 5.69 Å². The number of nitrogens with one attached hydrogen (secondary N) is 1. The largest absolute Gasteiger partial charge is 0.500 e. The number of hydrogen-bond acceptors (Lipinski definition) is 3. The number of fused-ring (bicyclic) bond motifs is 1. The number of aromatic amines is 1. The molecule has 2 N–H and O–H groups in total. The van der Waals surface area contributed by atoms with E-state index in [9.17, 15) is 9.90 Å². The maximum Gasteiger partial charge on any atom is 0.309 e. The summed E-state index contributed by atoms with van der Waals surface area (Å²) in [5.74, 6) is -0.335. The molecule has 0 aliphatic carbocycles. The van der Waals surface area contributed by atoms with Crippen molar-refractivity contribution in [3.63, 3.8) is 0 Å². The smallest absolute Gasteiger partial charge is 0.309 e. The van der Waals surface area contributed by atoms with Crippen LogP contribution >= 0.6 is 0 Å². The zero-order valence-electron chi connectivity index (χ0n) is 6.40. The van der Waals surface area contributed by atoms with Gasteiger partial charge in [-0.05, 0) is 13.0 Å². The van der Waals surface area contributed by atoms with Crippen LogP contribution in [-0.4, -0.2) is 19.7 Å². The van der Waals surface area contributed by atoms with Gasteiger partial charge in [-0.2, -0.15) is 0 Å². The van der Waals surface area contributed by atoms with Crippen molar-refractivity contribution in [2.75, 3.05) is 0 Å². The van der Waals surface area contributed by atoms with Gasteiger partial charge in [-0.3, -0.25) is 9.89 Å². The number of hydrogen-bond donors (Lipinski definition) is 2. The van der Waals surface area contributed by atoms with Gasteiger partial charge in [-0.15, -0.1) is 0 Å². The van der Waals surface area contributed by atoms with Crippen molar-refractivity contribution in [3.05, 3.63) is 28.3 Å². The van der Waals surface area contributed by atoms with Gasteiger partial charge >= 0.3 is 5.56 Å². The first kappa shape index (κ1) is 6.90. The number of rotatable bonds is 0. The fourth-order valence-corrected chi connectivity index (χ4v) is 1.08. The molecule has 5 heteroatoms. The predicted octanol–water partition coefficient (Wildman–Crippen LogP) is 0.0366. The van der Waals surface area contributed by atoms with Gasteiger partial charge in [0.2, 0.25) is 11.4 Å². The molecule has 0 amide bonds. The predicted molar refractivity (Wildman–Crippen MR) is 42.2 cm³/mol. The van der Waals surface area contributed by atoms with Crippen LogP contribution in [0.2, 0.25) is 0 Å². The third kappa shape index (κ3) is 0.730. The Morgan fingerprint density at radius 3 is 3.08 bits per heavy atom. The minimum absolute atomic E-state index is 0.264. The van der Waals surface area contributed by atoms with Gasteiger partial charge in [0.1, 0.15) is 0 Å². The number of H-pyrrole nitrogens is 1. The van der Waals surface area contributed by atoms with Gasteiger partial charge in [-0.25, -0.2) is 9.50 Å². The summed E-state index contributed by atoms with van der Waals surface area (Å²) in [5, 5.41) is 11.6. The Morgan fingerprint density at radius 1 is 1.67 bits per heavy atom. The van der Waals surface area contributed by atoms with Crippen LogP contribution < -0.4 is 5.56 Å². The van der Waals surface area contributed by atoms with Gasteiger partial charge in [0.25, 0.3) is 0 Å². The Morgan fingerprint density at radius 2 is 2.42 bits per heavy atom. The first-order valence-corrected chi connectivity index (χ1v) is 3.45. The molecule has 0 saturated heterocycles. The molecule has 12 heavy (non-hydrogen) atoms. The number of aromatic nitrogens is 3. The van der Waals surface area contributed by atoms with Crippen LogP contribution in [0.4, 0.5) is 0 Å². The molecule has 62 valence electrons. The Bertz CT molecular complexity index is 483. The minimum atomic E-state index is -0.517. The van der Waals surface area contributed by atoms with Crippen LogP contribution in [-0.2, 0) is 0 Å². The lowest BCUT2D eigenvalue weighted by molar-refractivity contribution is 0.475. The second-order valence-corrected chi connectivity index (χ2v) is 2.53. The molecule has 2 rings (SSSR count). The van der Waals surface area contributed by atoms with E-state index >= 15 is 0 Å². The van der Waals surface area contributed by atoms with Crippen molar-refractivity contribution in [2.24, 2.45) is 0 Å². The maximum atomic E-state index is 10.9. The third-order valence-electron chi connectivity index (χ3n) is 1.72. The van der Waals surface area contributed by atoms with Crippen molar-refractivity contribution < 1.29 is 5.11 Å². The fraction of sp³-hybridized carbons (Fsp3) is 0.143. The second kappa shape index (κ2) is 2.10. The lowest BCUT2D eigenvalue weighted by atomic mass is 10.4. The number of nitrogens with zero attached hydrogens (tertiary/aromatic N) is 2. The quantitative estimate of drug-likeness (QED) is 0.578. The summed E-state index contributed by atoms with van der Waals surface area (Å²) < 4.78 is 1.44. The standard InChI is InChI=1S/C7H7N3O2/c1-4-2-3-8-6-5(11)7(12)9-10(4)6/h2-3,11H,1H3,(H,9,12). The Labute approximate surface area is 67.3 Å². The van der Waals surface area contributed by atoms with E-state index in [1.807, 2.05) is 6.92 Å². The summed E-state index contributed by atoms with van der Waals surface area (Å²) in [7, 11) is 0. The van der Waals surface area contributed by atoms with Crippen molar-refractivity contribution in [3.8, 4) is 5.75 Å². The molecule has 0 aliphatic rings. The molecular weight excluding hydrogens is 158 g/mol. The van der Waals surface area contributed by atoms with Crippen LogP contribution in [0.25, 0.3) is 5.65 Å². The van der Waals surface area contributed by atoms with Crippen LogP contribution in [0.3, 0.4) is 0 Å². The molecule has 0 saturated carbocycles. The summed E-state index contributed by atoms with van der Waals surface area (Å²) in [5.41, 5.74) is 0.564.